The number of alkyl halides is 1. The van der Waals surface area contributed by atoms with Gasteiger partial charge in [-0.2, -0.15) is 16.4 Å². The summed E-state index contributed by atoms with van der Waals surface area (Å²) < 4.78 is 69.1. The number of nitrogen functional groups attached to an aromatic ring is 1. The number of terminal acetylenes is 1. The Kier molecular flexibility index (Phi) is 9.23. The zero-order valence-electron chi connectivity index (χ0n) is 24.6. The van der Waals surface area contributed by atoms with Crippen molar-refractivity contribution >= 4 is 33.2 Å². The van der Waals surface area contributed by atoms with Crippen molar-refractivity contribution in [1.82, 2.24) is 19.9 Å². The number of nitrogens with two attached hydrogens (primary N) is 1. The fourth-order valence-electron chi connectivity index (χ4n) is 6.69. The van der Waals surface area contributed by atoms with Gasteiger partial charge in [-0.15, -0.1) is 12.8 Å². The molecule has 4 aliphatic rings. The van der Waals surface area contributed by atoms with Crippen molar-refractivity contribution in [3.8, 4) is 35.5 Å². The quantitative estimate of drug-likeness (QED) is 0.120. The second-order valence-corrected chi connectivity index (χ2v) is 11.5. The minimum absolute atomic E-state index is 0. The molecule has 0 radical (unpaired) electrons. The number of rotatable bonds is 1. The van der Waals surface area contributed by atoms with Crippen LogP contribution in [0, 0.1) is 67.0 Å². The SMILES string of the molecule is C#Cc1c(F)c(F)cc2cc(N)cc(-c3nc4c5c(nc(O)nc5c3F)N3CCOCC[C@H]3CO4)c12.F[C@@H]1C[C-]2CCCN2C1.[U]. The van der Waals surface area contributed by atoms with Crippen LogP contribution in [0.15, 0.2) is 18.2 Å². The second kappa shape index (κ2) is 13.0. The average molecular weight is 860 g/mol. The van der Waals surface area contributed by atoms with Crippen LogP contribution in [0.25, 0.3) is 32.9 Å². The number of anilines is 2. The van der Waals surface area contributed by atoms with Crippen LogP contribution in [0.1, 0.15) is 31.2 Å². The summed E-state index contributed by atoms with van der Waals surface area (Å²) in [6.07, 6.45) is 8.70. The monoisotopic (exact) mass is 859 g/mol. The zero-order chi connectivity index (χ0) is 31.4. The van der Waals surface area contributed by atoms with Crippen molar-refractivity contribution in [2.45, 2.75) is 37.9 Å². The molecule has 4 aromatic rings. The Balaban J connectivity index is 0.000000318. The number of nitrogens with zero attached hydrogens (tertiary/aromatic N) is 5. The van der Waals surface area contributed by atoms with E-state index < -0.39 is 35.2 Å². The van der Waals surface area contributed by atoms with Crippen LogP contribution in [0.2, 0.25) is 0 Å². The molecule has 3 fully saturated rings. The van der Waals surface area contributed by atoms with Crippen LogP contribution in [0.5, 0.6) is 11.9 Å². The summed E-state index contributed by atoms with van der Waals surface area (Å²) in [5.41, 5.74) is 5.27. The van der Waals surface area contributed by atoms with Gasteiger partial charge >= 0.3 is 6.01 Å². The molecule has 0 aliphatic carbocycles. The third-order valence-corrected chi connectivity index (χ3v) is 8.69. The van der Waals surface area contributed by atoms with Crippen molar-refractivity contribution in [1.29, 1.82) is 0 Å². The summed E-state index contributed by atoms with van der Waals surface area (Å²) >= 11 is 0. The number of aromatic hydroxyl groups is 1. The van der Waals surface area contributed by atoms with Crippen LogP contribution in [0.3, 0.4) is 0 Å². The summed E-state index contributed by atoms with van der Waals surface area (Å²) in [5, 5.41) is 10.7. The van der Waals surface area contributed by atoms with E-state index in [1.54, 1.807) is 0 Å². The third kappa shape index (κ3) is 5.72. The van der Waals surface area contributed by atoms with Crippen molar-refractivity contribution < 1.29 is 63.3 Å². The Morgan fingerprint density at radius 2 is 1.89 bits per heavy atom. The van der Waals surface area contributed by atoms with Gasteiger partial charge in [0.25, 0.3) is 0 Å². The summed E-state index contributed by atoms with van der Waals surface area (Å²) in [6, 6.07) is 4.27. The molecule has 0 amide bonds. The van der Waals surface area contributed by atoms with E-state index >= 15 is 4.39 Å². The molecule has 6 heterocycles. The predicted molar refractivity (Wildman–Crippen MR) is 160 cm³/mol. The van der Waals surface area contributed by atoms with E-state index in [-0.39, 0.29) is 94.1 Å². The molecule has 0 spiro atoms. The summed E-state index contributed by atoms with van der Waals surface area (Å²) in [6.45, 7) is 3.34. The summed E-state index contributed by atoms with van der Waals surface area (Å²) in [7, 11) is 0. The van der Waals surface area contributed by atoms with Crippen LogP contribution >= 0.6 is 0 Å². The molecule has 4 aliphatic heterocycles. The first kappa shape index (κ1) is 32.6. The first-order valence-corrected chi connectivity index (χ1v) is 14.7. The number of benzene rings is 2. The molecule has 3 N–H and O–H groups in total. The topological polar surface area (TPSA) is 110 Å². The molecule has 2 aromatic carbocycles. The smallest absolute Gasteiger partial charge is 0.316 e. The molecule has 0 bridgehead atoms. The second-order valence-electron chi connectivity index (χ2n) is 11.5. The van der Waals surface area contributed by atoms with E-state index in [0.717, 1.165) is 25.5 Å². The molecule has 46 heavy (non-hydrogen) atoms. The maximum Gasteiger partial charge on any atom is 0.316 e. The number of hydrogen-bond acceptors (Lipinski definition) is 9. The van der Waals surface area contributed by atoms with Gasteiger partial charge in [-0.05, 0) is 43.1 Å². The Labute approximate surface area is 285 Å². The molecule has 14 heteroatoms. The van der Waals surface area contributed by atoms with E-state index in [0.29, 0.717) is 32.7 Å². The minimum Gasteiger partial charge on any atom is -0.479 e. The number of fused-ring (bicyclic) bond motifs is 4. The largest absolute Gasteiger partial charge is 0.479 e. The number of hydrogen-bond donors (Lipinski definition) is 2. The fraction of sp³-hybridized carbons (Fsp3) is 0.375. The van der Waals surface area contributed by atoms with Crippen molar-refractivity contribution in [3.05, 3.63) is 47.3 Å². The van der Waals surface area contributed by atoms with E-state index in [4.69, 9.17) is 21.6 Å². The van der Waals surface area contributed by atoms with Gasteiger partial charge in [0.15, 0.2) is 17.5 Å². The minimum atomic E-state index is -1.25. The molecule has 9 nitrogen and oxygen atoms in total. The van der Waals surface area contributed by atoms with Gasteiger partial charge in [0.2, 0.25) is 5.88 Å². The Hall–Kier alpha value is -3.36. The van der Waals surface area contributed by atoms with Gasteiger partial charge in [0, 0.05) is 60.9 Å². The van der Waals surface area contributed by atoms with Gasteiger partial charge in [-0.3, -0.25) is 0 Å². The van der Waals surface area contributed by atoms with Gasteiger partial charge in [0.05, 0.1) is 24.4 Å². The van der Waals surface area contributed by atoms with Crippen LogP contribution in [-0.4, -0.2) is 76.6 Å². The Morgan fingerprint density at radius 3 is 2.67 bits per heavy atom. The van der Waals surface area contributed by atoms with Gasteiger partial charge < -0.3 is 30.1 Å². The predicted octanol–water partition coefficient (Wildman–Crippen LogP) is 4.88. The first-order valence-electron chi connectivity index (χ1n) is 14.7. The number of ether oxygens (including phenoxy) is 2. The van der Waals surface area contributed by atoms with Crippen LogP contribution in [0.4, 0.5) is 29.1 Å². The normalized spacial score (nSPS) is 20.9. The van der Waals surface area contributed by atoms with Crippen molar-refractivity contribution in [2.24, 2.45) is 0 Å². The van der Waals surface area contributed by atoms with E-state index in [1.807, 2.05) is 4.90 Å². The fourth-order valence-corrected chi connectivity index (χ4v) is 6.69. The number of aromatic nitrogens is 3. The molecule has 0 saturated carbocycles. The van der Waals surface area contributed by atoms with Gasteiger partial charge in [-0.25, -0.2) is 28.6 Å². The van der Waals surface area contributed by atoms with Crippen molar-refractivity contribution in [2.75, 3.05) is 50.1 Å². The third-order valence-electron chi connectivity index (χ3n) is 8.69. The van der Waals surface area contributed by atoms with Gasteiger partial charge in [-0.1, -0.05) is 12.3 Å². The maximum absolute atomic E-state index is 16.1. The maximum atomic E-state index is 16.1. The van der Waals surface area contributed by atoms with Gasteiger partial charge in [0.1, 0.15) is 29.0 Å². The zero-order valence-corrected chi connectivity index (χ0v) is 28.8. The molecule has 0 unspecified atom stereocenters. The molecule has 2 aromatic heterocycles. The Bertz CT molecular complexity index is 1860. The molecule has 238 valence electrons. The standard InChI is InChI=1S/C25H18F3N5O3.C7H11FN.U/c1-2-14-17-11(8-16(26)19(14)27)7-12(29)9-15(17)21-20(28)22-18-23(32-25(34)31-22)33-4-6-35-5-3-13(33)10-36-24(18)30-21;8-6-4-7-2-1-3-9(7)5-6;/h1,7-9,13H,3-6,10,29H2,(H,31,32,34);6H,1-5H2;/q;-1;/t13-;6-;/m01./s1. The van der Waals surface area contributed by atoms with E-state index in [2.05, 4.69) is 25.8 Å². The summed E-state index contributed by atoms with van der Waals surface area (Å²) in [5.74, 6) is -0.880. The first-order chi connectivity index (χ1) is 21.7. The average Bonchev–Trinajstić information content (AvgIpc) is 3.44. The van der Waals surface area contributed by atoms with E-state index in [1.165, 1.54) is 24.6 Å². The molecule has 8 rings (SSSR count). The summed E-state index contributed by atoms with van der Waals surface area (Å²) in [4.78, 5) is 16.6. The van der Waals surface area contributed by atoms with Crippen molar-refractivity contribution in [3.63, 3.8) is 0 Å². The molecular formula is C32H29F4N6O3U-. The van der Waals surface area contributed by atoms with Crippen LogP contribution in [-0.2, 0) is 4.74 Å². The molecule has 2 atom stereocenters. The number of pyridine rings is 1. The molecular weight excluding hydrogens is 830 g/mol. The van der Waals surface area contributed by atoms with Crippen LogP contribution < -0.4 is 15.4 Å². The van der Waals surface area contributed by atoms with E-state index in [9.17, 15) is 18.3 Å². The molecule has 3 saturated heterocycles. The number of halogens is 4. The Morgan fingerprint density at radius 1 is 1.07 bits per heavy atom.